The minimum atomic E-state index is -1.11. The Labute approximate surface area is 131 Å². The Bertz CT molecular complexity index is 588. The molecule has 5 nitrogen and oxygen atoms in total. The third-order valence-corrected chi connectivity index (χ3v) is 4.77. The van der Waals surface area contributed by atoms with E-state index in [0.29, 0.717) is 32.7 Å². The van der Waals surface area contributed by atoms with Gasteiger partial charge >= 0.3 is 5.97 Å². The van der Waals surface area contributed by atoms with Crippen molar-refractivity contribution < 1.29 is 14.6 Å². The first kappa shape index (κ1) is 15.3. The van der Waals surface area contributed by atoms with Gasteiger partial charge in [-0.3, -0.25) is 9.69 Å². The number of likely N-dealkylation sites (tertiary alicyclic amines) is 1. The van der Waals surface area contributed by atoms with Crippen LogP contribution in [0.1, 0.15) is 36.5 Å². The molecular weight excluding hydrogens is 280 g/mol. The Morgan fingerprint density at radius 2 is 2.14 bits per heavy atom. The maximum atomic E-state index is 11.3. The van der Waals surface area contributed by atoms with Crippen molar-refractivity contribution in [3.8, 4) is 5.75 Å². The molecule has 0 spiro atoms. The summed E-state index contributed by atoms with van der Waals surface area (Å²) in [7, 11) is 0. The number of aliphatic carboxylic acids is 1. The molecule has 1 fully saturated rings. The van der Waals surface area contributed by atoms with Gasteiger partial charge in [-0.15, -0.1) is 0 Å². The van der Waals surface area contributed by atoms with Crippen LogP contribution in [0.4, 0.5) is 0 Å². The van der Waals surface area contributed by atoms with Crippen molar-refractivity contribution in [3.05, 3.63) is 28.8 Å². The van der Waals surface area contributed by atoms with Crippen LogP contribution in [0.15, 0.2) is 12.1 Å². The fourth-order valence-corrected chi connectivity index (χ4v) is 3.53. The van der Waals surface area contributed by atoms with Gasteiger partial charge < -0.3 is 15.6 Å². The van der Waals surface area contributed by atoms with Gasteiger partial charge in [0.1, 0.15) is 11.3 Å². The van der Waals surface area contributed by atoms with Crippen LogP contribution in [0.3, 0.4) is 0 Å². The zero-order chi connectivity index (χ0) is 15.7. The Hall–Kier alpha value is -1.59. The summed E-state index contributed by atoms with van der Waals surface area (Å²) < 4.78 is 5.80. The molecule has 0 bridgehead atoms. The van der Waals surface area contributed by atoms with E-state index >= 15 is 0 Å². The zero-order valence-electron chi connectivity index (χ0n) is 13.1. The molecule has 1 saturated heterocycles. The van der Waals surface area contributed by atoms with Crippen molar-refractivity contribution in [1.82, 2.24) is 4.90 Å². The molecule has 5 heteroatoms. The minimum Gasteiger partial charge on any atom is -0.494 e. The van der Waals surface area contributed by atoms with E-state index in [4.69, 9.17) is 10.5 Å². The molecule has 1 aliphatic carbocycles. The summed E-state index contributed by atoms with van der Waals surface area (Å²) in [5.74, 6) is 0.0296. The van der Waals surface area contributed by atoms with Crippen LogP contribution in [0, 0.1) is 0 Å². The molecular formula is C17H24N2O3. The van der Waals surface area contributed by atoms with Gasteiger partial charge in [0, 0.05) is 25.2 Å². The van der Waals surface area contributed by atoms with Crippen molar-refractivity contribution in [2.75, 3.05) is 19.7 Å². The second-order valence-corrected chi connectivity index (χ2v) is 6.44. The largest absolute Gasteiger partial charge is 0.494 e. The van der Waals surface area contributed by atoms with Crippen LogP contribution >= 0.6 is 0 Å². The first-order valence-corrected chi connectivity index (χ1v) is 8.04. The molecule has 0 radical (unpaired) electrons. The van der Waals surface area contributed by atoms with Gasteiger partial charge in [0.15, 0.2) is 0 Å². The number of carboxylic acid groups (broad SMARTS) is 1. The molecule has 1 heterocycles. The van der Waals surface area contributed by atoms with Crippen molar-refractivity contribution in [2.24, 2.45) is 5.73 Å². The number of carbonyl (C=O) groups is 1. The molecule has 0 amide bonds. The van der Waals surface area contributed by atoms with Crippen molar-refractivity contribution in [2.45, 2.75) is 44.7 Å². The highest BCUT2D eigenvalue weighted by Gasteiger charge is 2.41. The second kappa shape index (κ2) is 5.89. The number of hydrogen-bond acceptors (Lipinski definition) is 4. The molecule has 1 aliphatic heterocycles. The molecule has 3 rings (SSSR count). The monoisotopic (exact) mass is 304 g/mol. The number of carboxylic acids is 1. The molecule has 1 aromatic rings. The number of benzene rings is 1. The molecule has 0 unspecified atom stereocenters. The molecule has 0 saturated carbocycles. The predicted molar refractivity (Wildman–Crippen MR) is 84.1 cm³/mol. The highest BCUT2D eigenvalue weighted by molar-refractivity contribution is 5.79. The maximum absolute atomic E-state index is 11.3. The lowest BCUT2D eigenvalue weighted by Gasteiger charge is -2.21. The Kier molecular flexibility index (Phi) is 4.10. The van der Waals surface area contributed by atoms with Crippen LogP contribution in [0.2, 0.25) is 0 Å². The number of hydrogen-bond donors (Lipinski definition) is 2. The third-order valence-electron chi connectivity index (χ3n) is 4.77. The molecule has 1 atom stereocenters. The predicted octanol–water partition coefficient (Wildman–Crippen LogP) is 1.56. The Balaban J connectivity index is 1.79. The molecule has 22 heavy (non-hydrogen) atoms. The minimum absolute atomic E-state index is 0.394. The van der Waals surface area contributed by atoms with Crippen LogP contribution in [-0.4, -0.2) is 41.2 Å². The van der Waals surface area contributed by atoms with Crippen molar-refractivity contribution in [3.63, 3.8) is 0 Å². The van der Waals surface area contributed by atoms with Crippen LogP contribution in [0.5, 0.6) is 5.75 Å². The molecule has 2 aliphatic rings. The lowest BCUT2D eigenvalue weighted by Crippen LogP contribution is -2.50. The van der Waals surface area contributed by atoms with Crippen molar-refractivity contribution in [1.29, 1.82) is 0 Å². The smallest absolute Gasteiger partial charge is 0.325 e. The van der Waals surface area contributed by atoms with E-state index in [-0.39, 0.29) is 0 Å². The Morgan fingerprint density at radius 1 is 1.41 bits per heavy atom. The first-order valence-electron chi connectivity index (χ1n) is 8.04. The molecule has 1 aromatic carbocycles. The molecule has 3 N–H and O–H groups in total. The highest BCUT2D eigenvalue weighted by atomic mass is 16.5. The highest BCUT2D eigenvalue weighted by Crippen LogP contribution is 2.32. The number of rotatable bonds is 5. The summed E-state index contributed by atoms with van der Waals surface area (Å²) in [6.07, 6.45) is 3.96. The summed E-state index contributed by atoms with van der Waals surface area (Å²) in [4.78, 5) is 13.4. The molecule has 120 valence electrons. The van der Waals surface area contributed by atoms with Gasteiger partial charge in [-0.25, -0.2) is 0 Å². The van der Waals surface area contributed by atoms with Crippen molar-refractivity contribution >= 4 is 5.97 Å². The topological polar surface area (TPSA) is 75.8 Å². The number of aryl methyl sites for hydroxylation is 2. The van der Waals surface area contributed by atoms with Crippen LogP contribution in [0.25, 0.3) is 0 Å². The zero-order valence-corrected chi connectivity index (χ0v) is 13.1. The van der Waals surface area contributed by atoms with E-state index in [0.717, 1.165) is 24.2 Å². The van der Waals surface area contributed by atoms with E-state index in [1.54, 1.807) is 0 Å². The SMILES string of the molecule is CCOc1cc2c(cc1CN1CC[C@](N)(C(=O)O)C1)CCC2. The van der Waals surface area contributed by atoms with Crippen LogP contribution in [-0.2, 0) is 24.2 Å². The maximum Gasteiger partial charge on any atom is 0.325 e. The summed E-state index contributed by atoms with van der Waals surface area (Å²) in [5.41, 5.74) is 8.81. The summed E-state index contributed by atoms with van der Waals surface area (Å²) in [6, 6.07) is 4.41. The number of nitrogens with two attached hydrogens (primary N) is 1. The van der Waals surface area contributed by atoms with E-state index < -0.39 is 11.5 Å². The van der Waals surface area contributed by atoms with E-state index in [2.05, 4.69) is 17.0 Å². The van der Waals surface area contributed by atoms with Gasteiger partial charge in [0.25, 0.3) is 0 Å². The fourth-order valence-electron chi connectivity index (χ4n) is 3.53. The van der Waals surface area contributed by atoms with Gasteiger partial charge in [-0.2, -0.15) is 0 Å². The Morgan fingerprint density at radius 3 is 2.77 bits per heavy atom. The van der Waals surface area contributed by atoms with E-state index in [1.807, 2.05) is 6.92 Å². The summed E-state index contributed by atoms with van der Waals surface area (Å²) >= 11 is 0. The number of fused-ring (bicyclic) bond motifs is 1. The lowest BCUT2D eigenvalue weighted by molar-refractivity contribution is -0.142. The van der Waals surface area contributed by atoms with Gasteiger partial charge in [0.05, 0.1) is 6.61 Å². The van der Waals surface area contributed by atoms with E-state index in [1.165, 1.54) is 17.5 Å². The third kappa shape index (κ3) is 2.83. The first-order chi connectivity index (χ1) is 10.5. The fraction of sp³-hybridized carbons (Fsp3) is 0.588. The summed E-state index contributed by atoms with van der Waals surface area (Å²) in [6.45, 7) is 4.44. The molecule has 0 aromatic heterocycles. The van der Waals surface area contributed by atoms with Gasteiger partial charge in [-0.05, 0) is 49.8 Å². The second-order valence-electron chi connectivity index (χ2n) is 6.44. The van der Waals surface area contributed by atoms with E-state index in [9.17, 15) is 9.90 Å². The quantitative estimate of drug-likeness (QED) is 0.863. The van der Waals surface area contributed by atoms with Crippen LogP contribution < -0.4 is 10.5 Å². The number of nitrogens with zero attached hydrogens (tertiary/aromatic N) is 1. The standard InChI is InChI=1S/C17H24N2O3/c1-2-22-15-9-13-5-3-4-12(13)8-14(15)10-19-7-6-17(18,11-19)16(20)21/h8-9H,2-7,10-11,18H2,1H3,(H,20,21)/t17-/m1/s1. The average molecular weight is 304 g/mol. The summed E-state index contributed by atoms with van der Waals surface area (Å²) in [5, 5.41) is 9.25. The number of ether oxygens (including phenoxy) is 1. The average Bonchev–Trinajstić information content (AvgIpc) is 3.07. The van der Waals surface area contributed by atoms with Gasteiger partial charge in [0.2, 0.25) is 0 Å². The lowest BCUT2D eigenvalue weighted by atomic mass is 10.0. The van der Waals surface area contributed by atoms with Gasteiger partial charge in [-0.1, -0.05) is 6.07 Å². The normalized spacial score (nSPS) is 24.5.